The third-order valence-corrected chi connectivity index (χ3v) is 1.61. The molecule has 0 bridgehead atoms. The molecule has 0 saturated carbocycles. The first-order chi connectivity index (χ1) is 7.16. The molecule has 0 atom stereocenters. The van der Waals surface area contributed by atoms with E-state index < -0.39 is 17.5 Å². The summed E-state index contributed by atoms with van der Waals surface area (Å²) >= 11 is 0. The Morgan fingerprint density at radius 3 is 2.47 bits per heavy atom. The fraction of sp³-hybridized carbons (Fsp3) is 0. The number of hydrogen-bond donors (Lipinski definition) is 1. The van der Waals surface area contributed by atoms with Crippen LogP contribution in [0.5, 0.6) is 0 Å². The Morgan fingerprint density at radius 2 is 1.80 bits per heavy atom. The van der Waals surface area contributed by atoms with E-state index in [-0.39, 0.29) is 11.7 Å². The molecular weight excluding hydrogens is 211 g/mol. The van der Waals surface area contributed by atoms with Crippen LogP contribution in [0.2, 0.25) is 0 Å². The van der Waals surface area contributed by atoms with E-state index in [1.807, 2.05) is 0 Å². The molecule has 2 rings (SSSR count). The molecule has 15 heavy (non-hydrogen) atoms. The summed E-state index contributed by atoms with van der Waals surface area (Å²) in [5, 5.41) is 9.01. The Balaban J connectivity index is 2.33. The van der Waals surface area contributed by atoms with Gasteiger partial charge in [-0.3, -0.25) is 0 Å². The van der Waals surface area contributed by atoms with Crippen LogP contribution in [-0.4, -0.2) is 10.2 Å². The second-order valence-electron chi connectivity index (χ2n) is 2.62. The van der Waals surface area contributed by atoms with E-state index in [4.69, 9.17) is 0 Å². The van der Waals surface area contributed by atoms with Gasteiger partial charge in [0.1, 0.15) is 5.82 Å². The SMILES string of the molecule is Fc1cc(F)c(Nc2nnco2)cc1F. The molecule has 2 aromatic rings. The number of nitrogens with one attached hydrogen (secondary N) is 1. The highest BCUT2D eigenvalue weighted by molar-refractivity contribution is 5.52. The summed E-state index contributed by atoms with van der Waals surface area (Å²) in [5.41, 5.74) is -0.279. The third kappa shape index (κ3) is 1.90. The predicted molar refractivity (Wildman–Crippen MR) is 43.9 cm³/mol. The average molecular weight is 215 g/mol. The van der Waals surface area contributed by atoms with Crippen molar-refractivity contribution in [3.05, 3.63) is 36.0 Å². The molecule has 0 aliphatic carbocycles. The monoisotopic (exact) mass is 215 g/mol. The van der Waals surface area contributed by atoms with Crippen molar-refractivity contribution in [2.45, 2.75) is 0 Å². The van der Waals surface area contributed by atoms with Gasteiger partial charge in [0.25, 0.3) is 0 Å². The van der Waals surface area contributed by atoms with Crippen LogP contribution in [0, 0.1) is 17.5 Å². The number of aromatic nitrogens is 2. The van der Waals surface area contributed by atoms with Crippen LogP contribution >= 0.6 is 0 Å². The molecule has 0 aliphatic rings. The van der Waals surface area contributed by atoms with Crippen molar-refractivity contribution in [2.75, 3.05) is 5.32 Å². The number of anilines is 2. The van der Waals surface area contributed by atoms with Crippen LogP contribution in [0.4, 0.5) is 24.9 Å². The Labute approximate surface area is 81.7 Å². The van der Waals surface area contributed by atoms with Gasteiger partial charge in [-0.1, -0.05) is 5.10 Å². The second-order valence-corrected chi connectivity index (χ2v) is 2.62. The van der Waals surface area contributed by atoms with Crippen LogP contribution in [0.15, 0.2) is 22.9 Å². The van der Waals surface area contributed by atoms with E-state index in [2.05, 4.69) is 19.9 Å². The number of halogens is 3. The molecule has 4 nitrogen and oxygen atoms in total. The molecule has 7 heteroatoms. The maximum Gasteiger partial charge on any atom is 0.319 e. The Bertz CT molecular complexity index is 472. The summed E-state index contributed by atoms with van der Waals surface area (Å²) in [6, 6.07) is 0.975. The first-order valence-corrected chi connectivity index (χ1v) is 3.84. The molecular formula is C8H4F3N3O. The molecule has 0 radical (unpaired) electrons. The van der Waals surface area contributed by atoms with E-state index in [9.17, 15) is 13.2 Å². The first kappa shape index (κ1) is 9.50. The number of hydrogen-bond acceptors (Lipinski definition) is 4. The molecule has 0 saturated heterocycles. The van der Waals surface area contributed by atoms with Gasteiger partial charge in [-0.25, -0.2) is 13.2 Å². The van der Waals surface area contributed by atoms with Crippen molar-refractivity contribution in [3.8, 4) is 0 Å². The van der Waals surface area contributed by atoms with Gasteiger partial charge in [0.2, 0.25) is 6.39 Å². The molecule has 78 valence electrons. The molecule has 1 aromatic carbocycles. The minimum absolute atomic E-state index is 0.111. The average Bonchev–Trinajstić information content (AvgIpc) is 2.67. The van der Waals surface area contributed by atoms with E-state index in [1.54, 1.807) is 0 Å². The van der Waals surface area contributed by atoms with Crippen molar-refractivity contribution in [3.63, 3.8) is 0 Å². The van der Waals surface area contributed by atoms with Gasteiger partial charge in [-0.15, -0.1) is 5.10 Å². The van der Waals surface area contributed by atoms with Crippen LogP contribution in [0.1, 0.15) is 0 Å². The van der Waals surface area contributed by atoms with Crippen LogP contribution in [0.3, 0.4) is 0 Å². The fourth-order valence-corrected chi connectivity index (χ4v) is 0.961. The lowest BCUT2D eigenvalue weighted by atomic mass is 10.3. The number of rotatable bonds is 2. The Kier molecular flexibility index (Phi) is 2.28. The molecule has 0 unspecified atom stereocenters. The molecule has 1 aromatic heterocycles. The van der Waals surface area contributed by atoms with Crippen molar-refractivity contribution >= 4 is 11.7 Å². The van der Waals surface area contributed by atoms with Crippen LogP contribution in [0.25, 0.3) is 0 Å². The zero-order valence-corrected chi connectivity index (χ0v) is 7.17. The van der Waals surface area contributed by atoms with E-state index in [0.29, 0.717) is 12.1 Å². The van der Waals surface area contributed by atoms with E-state index in [1.165, 1.54) is 0 Å². The minimum Gasteiger partial charge on any atom is -0.411 e. The highest BCUT2D eigenvalue weighted by atomic mass is 19.2. The topological polar surface area (TPSA) is 51.0 Å². The maximum absolute atomic E-state index is 13.1. The summed E-state index contributed by atoms with van der Waals surface area (Å²) in [5.74, 6) is -3.38. The molecule has 0 spiro atoms. The zero-order chi connectivity index (χ0) is 10.8. The summed E-state index contributed by atoms with van der Waals surface area (Å²) in [6.07, 6.45) is 1.01. The lowest BCUT2D eigenvalue weighted by Crippen LogP contribution is -1.97. The molecule has 0 amide bonds. The van der Waals surface area contributed by atoms with Gasteiger partial charge in [0, 0.05) is 12.1 Å². The number of nitrogens with zero attached hydrogens (tertiary/aromatic N) is 2. The lowest BCUT2D eigenvalue weighted by molar-refractivity contribution is 0.495. The van der Waals surface area contributed by atoms with Gasteiger partial charge in [0.15, 0.2) is 11.6 Å². The standard InChI is InChI=1S/C8H4F3N3O/c9-4-1-6(11)7(2-5(4)10)13-8-14-12-3-15-8/h1-3H,(H,13,14). The summed E-state index contributed by atoms with van der Waals surface area (Å²) in [4.78, 5) is 0. The number of benzene rings is 1. The van der Waals surface area contributed by atoms with Crippen molar-refractivity contribution in [1.82, 2.24) is 10.2 Å². The van der Waals surface area contributed by atoms with Gasteiger partial charge in [0.05, 0.1) is 5.69 Å². The van der Waals surface area contributed by atoms with Crippen molar-refractivity contribution in [2.24, 2.45) is 0 Å². The van der Waals surface area contributed by atoms with Crippen LogP contribution in [-0.2, 0) is 0 Å². The quantitative estimate of drug-likeness (QED) is 0.780. The fourth-order valence-electron chi connectivity index (χ4n) is 0.961. The summed E-state index contributed by atoms with van der Waals surface area (Å²) < 4.78 is 43.0. The van der Waals surface area contributed by atoms with Gasteiger partial charge in [-0.05, 0) is 0 Å². The zero-order valence-electron chi connectivity index (χ0n) is 7.17. The predicted octanol–water partition coefficient (Wildman–Crippen LogP) is 2.23. The first-order valence-electron chi connectivity index (χ1n) is 3.84. The highest BCUT2D eigenvalue weighted by Gasteiger charge is 2.11. The minimum atomic E-state index is -1.26. The maximum atomic E-state index is 13.1. The third-order valence-electron chi connectivity index (χ3n) is 1.61. The van der Waals surface area contributed by atoms with E-state index in [0.717, 1.165) is 6.39 Å². The highest BCUT2D eigenvalue weighted by Crippen LogP contribution is 2.21. The Morgan fingerprint density at radius 1 is 1.07 bits per heavy atom. The lowest BCUT2D eigenvalue weighted by Gasteiger charge is -2.03. The normalized spacial score (nSPS) is 10.3. The van der Waals surface area contributed by atoms with Crippen LogP contribution < -0.4 is 5.32 Å². The molecule has 1 N–H and O–H groups in total. The molecule has 1 heterocycles. The largest absolute Gasteiger partial charge is 0.411 e. The van der Waals surface area contributed by atoms with Crippen molar-refractivity contribution in [1.29, 1.82) is 0 Å². The van der Waals surface area contributed by atoms with Gasteiger partial charge < -0.3 is 9.73 Å². The summed E-state index contributed by atoms with van der Waals surface area (Å²) in [7, 11) is 0. The Hall–Kier alpha value is -2.05. The smallest absolute Gasteiger partial charge is 0.319 e. The molecule has 0 fully saturated rings. The van der Waals surface area contributed by atoms with Gasteiger partial charge in [-0.2, -0.15) is 0 Å². The van der Waals surface area contributed by atoms with Crippen molar-refractivity contribution < 1.29 is 17.6 Å². The second kappa shape index (κ2) is 3.60. The van der Waals surface area contributed by atoms with Gasteiger partial charge >= 0.3 is 6.01 Å². The molecule has 0 aliphatic heterocycles. The summed E-state index contributed by atoms with van der Waals surface area (Å²) in [6.45, 7) is 0. The van der Waals surface area contributed by atoms with E-state index >= 15 is 0 Å².